The van der Waals surface area contributed by atoms with Gasteiger partial charge in [-0.05, 0) is 24.6 Å². The lowest BCUT2D eigenvalue weighted by atomic mass is 10.1. The van der Waals surface area contributed by atoms with Crippen LogP contribution >= 0.6 is 35.6 Å². The van der Waals surface area contributed by atoms with Crippen molar-refractivity contribution in [3.8, 4) is 0 Å². The van der Waals surface area contributed by atoms with Gasteiger partial charge in [0.05, 0.1) is 16.5 Å². The third kappa shape index (κ3) is 5.59. The number of rotatable bonds is 4. The molecule has 17 heavy (non-hydrogen) atoms. The highest BCUT2D eigenvalue weighted by Crippen LogP contribution is 2.22. The first-order valence-corrected chi connectivity index (χ1v) is 5.72. The molecule has 3 N–H and O–H groups in total. The van der Waals surface area contributed by atoms with Crippen molar-refractivity contribution in [3.05, 3.63) is 33.8 Å². The van der Waals surface area contributed by atoms with E-state index in [1.807, 2.05) is 6.92 Å². The highest BCUT2D eigenvalue weighted by atomic mass is 35.5. The van der Waals surface area contributed by atoms with E-state index < -0.39 is 0 Å². The second-order valence-electron chi connectivity index (χ2n) is 3.63. The maximum atomic E-state index is 11.5. The third-order valence-corrected chi connectivity index (χ3v) is 2.85. The molecule has 3 nitrogen and oxygen atoms in total. The molecule has 0 unspecified atom stereocenters. The smallest absolute Gasteiger partial charge is 0.224 e. The predicted octanol–water partition coefficient (Wildman–Crippen LogP) is 2.42. The van der Waals surface area contributed by atoms with Gasteiger partial charge >= 0.3 is 0 Å². The largest absolute Gasteiger partial charge is 0.352 e. The number of carbonyl (C=O) groups is 1. The van der Waals surface area contributed by atoms with Crippen molar-refractivity contribution in [2.45, 2.75) is 19.4 Å². The molecule has 0 radical (unpaired) electrons. The van der Waals surface area contributed by atoms with E-state index in [2.05, 4.69) is 5.32 Å². The molecule has 0 saturated heterocycles. The fourth-order valence-corrected chi connectivity index (χ4v) is 1.54. The van der Waals surface area contributed by atoms with Crippen LogP contribution in [0.5, 0.6) is 0 Å². The summed E-state index contributed by atoms with van der Waals surface area (Å²) in [6.45, 7) is 2.28. The molecule has 1 aromatic rings. The van der Waals surface area contributed by atoms with Gasteiger partial charge in [0.25, 0.3) is 0 Å². The number of hydrogen-bond donors (Lipinski definition) is 2. The Hall–Kier alpha value is -0.480. The maximum Gasteiger partial charge on any atom is 0.224 e. The minimum Gasteiger partial charge on any atom is -0.352 e. The lowest BCUT2D eigenvalue weighted by Crippen LogP contribution is -2.38. The predicted molar refractivity (Wildman–Crippen MR) is 74.1 cm³/mol. The highest BCUT2D eigenvalue weighted by Gasteiger charge is 2.07. The van der Waals surface area contributed by atoms with Gasteiger partial charge in [-0.3, -0.25) is 4.79 Å². The number of amides is 1. The second kappa shape index (κ2) is 7.77. The van der Waals surface area contributed by atoms with E-state index in [0.29, 0.717) is 16.6 Å². The number of benzene rings is 1. The summed E-state index contributed by atoms with van der Waals surface area (Å²) in [7, 11) is 0. The lowest BCUT2D eigenvalue weighted by molar-refractivity contribution is -0.120. The number of hydrogen-bond acceptors (Lipinski definition) is 2. The molecule has 96 valence electrons. The fourth-order valence-electron chi connectivity index (χ4n) is 1.22. The summed E-state index contributed by atoms with van der Waals surface area (Å²) in [6, 6.07) is 5.13. The Labute approximate surface area is 117 Å². The molecule has 1 amide bonds. The molecule has 6 heteroatoms. The molecule has 0 bridgehead atoms. The van der Waals surface area contributed by atoms with E-state index in [-0.39, 0.29) is 30.8 Å². The van der Waals surface area contributed by atoms with Crippen LogP contribution in [0, 0.1) is 0 Å². The average Bonchev–Trinajstić information content (AvgIpc) is 2.23. The van der Waals surface area contributed by atoms with Crippen LogP contribution in [0.1, 0.15) is 12.5 Å². The first-order chi connectivity index (χ1) is 7.52. The van der Waals surface area contributed by atoms with Gasteiger partial charge in [-0.15, -0.1) is 12.4 Å². The Kier molecular flexibility index (Phi) is 7.55. The van der Waals surface area contributed by atoms with Crippen LogP contribution in [0.15, 0.2) is 18.2 Å². The zero-order valence-electron chi connectivity index (χ0n) is 9.37. The van der Waals surface area contributed by atoms with Crippen molar-refractivity contribution in [2.75, 3.05) is 6.54 Å². The van der Waals surface area contributed by atoms with Crippen LogP contribution < -0.4 is 11.1 Å². The fraction of sp³-hybridized carbons (Fsp3) is 0.364. The Morgan fingerprint density at radius 3 is 2.59 bits per heavy atom. The SMILES string of the molecule is C[C@@H](CN)NC(=O)Cc1ccc(Cl)c(Cl)c1.Cl. The van der Waals surface area contributed by atoms with Crippen LogP contribution in [0.4, 0.5) is 0 Å². The van der Waals surface area contributed by atoms with Crippen molar-refractivity contribution in [3.63, 3.8) is 0 Å². The van der Waals surface area contributed by atoms with Crippen LogP contribution in [0.3, 0.4) is 0 Å². The van der Waals surface area contributed by atoms with Crippen molar-refractivity contribution in [1.82, 2.24) is 5.32 Å². The van der Waals surface area contributed by atoms with Gasteiger partial charge in [0.1, 0.15) is 0 Å². The van der Waals surface area contributed by atoms with E-state index in [4.69, 9.17) is 28.9 Å². The molecule has 0 aliphatic rings. The van der Waals surface area contributed by atoms with Crippen molar-refractivity contribution in [1.29, 1.82) is 0 Å². The summed E-state index contributed by atoms with van der Waals surface area (Å²) in [5, 5.41) is 3.72. The van der Waals surface area contributed by atoms with Gasteiger partial charge in [-0.2, -0.15) is 0 Å². The minimum atomic E-state index is -0.0728. The topological polar surface area (TPSA) is 55.1 Å². The Balaban J connectivity index is 0.00000256. The molecule has 1 rings (SSSR count). The monoisotopic (exact) mass is 296 g/mol. The molecular formula is C11H15Cl3N2O. The summed E-state index contributed by atoms with van der Waals surface area (Å²) in [4.78, 5) is 11.5. The van der Waals surface area contributed by atoms with E-state index in [1.54, 1.807) is 18.2 Å². The van der Waals surface area contributed by atoms with E-state index >= 15 is 0 Å². The molecule has 0 saturated carbocycles. The molecule has 0 fully saturated rings. The van der Waals surface area contributed by atoms with Gasteiger partial charge in [-0.1, -0.05) is 29.3 Å². The van der Waals surface area contributed by atoms with E-state index in [1.165, 1.54) is 0 Å². The maximum absolute atomic E-state index is 11.5. The highest BCUT2D eigenvalue weighted by molar-refractivity contribution is 6.42. The summed E-state index contributed by atoms with van der Waals surface area (Å²) >= 11 is 11.6. The summed E-state index contributed by atoms with van der Waals surface area (Å²) in [5.74, 6) is -0.0728. The Bertz CT molecular complexity index is 385. The average molecular weight is 298 g/mol. The number of halogens is 3. The number of carbonyl (C=O) groups excluding carboxylic acids is 1. The molecular weight excluding hydrogens is 282 g/mol. The normalized spacial score (nSPS) is 11.5. The van der Waals surface area contributed by atoms with Gasteiger partial charge in [0.2, 0.25) is 5.91 Å². The molecule has 0 aliphatic carbocycles. The van der Waals surface area contributed by atoms with Crippen LogP contribution in [0.25, 0.3) is 0 Å². The van der Waals surface area contributed by atoms with Gasteiger partial charge < -0.3 is 11.1 Å². The zero-order valence-corrected chi connectivity index (χ0v) is 11.7. The number of nitrogens with one attached hydrogen (secondary N) is 1. The third-order valence-electron chi connectivity index (χ3n) is 2.11. The van der Waals surface area contributed by atoms with Crippen molar-refractivity contribution in [2.24, 2.45) is 5.73 Å². The van der Waals surface area contributed by atoms with E-state index in [0.717, 1.165) is 5.56 Å². The lowest BCUT2D eigenvalue weighted by Gasteiger charge is -2.11. The summed E-state index contributed by atoms with van der Waals surface area (Å²) in [6.07, 6.45) is 0.279. The van der Waals surface area contributed by atoms with Crippen LogP contribution in [0.2, 0.25) is 10.0 Å². The zero-order chi connectivity index (χ0) is 12.1. The Morgan fingerprint density at radius 1 is 1.41 bits per heavy atom. The van der Waals surface area contributed by atoms with Gasteiger partial charge in [-0.25, -0.2) is 0 Å². The van der Waals surface area contributed by atoms with E-state index in [9.17, 15) is 4.79 Å². The summed E-state index contributed by atoms with van der Waals surface area (Å²) < 4.78 is 0. The molecule has 0 aromatic heterocycles. The molecule has 0 spiro atoms. The molecule has 1 atom stereocenters. The quantitative estimate of drug-likeness (QED) is 0.897. The Morgan fingerprint density at radius 2 is 2.06 bits per heavy atom. The van der Waals surface area contributed by atoms with Crippen molar-refractivity contribution >= 4 is 41.5 Å². The molecule has 0 heterocycles. The number of nitrogens with two attached hydrogens (primary N) is 1. The molecule has 1 aromatic carbocycles. The van der Waals surface area contributed by atoms with Crippen LogP contribution in [-0.4, -0.2) is 18.5 Å². The van der Waals surface area contributed by atoms with Gasteiger partial charge in [0.15, 0.2) is 0 Å². The minimum absolute atomic E-state index is 0. The first-order valence-electron chi connectivity index (χ1n) is 4.96. The van der Waals surface area contributed by atoms with Gasteiger partial charge in [0, 0.05) is 12.6 Å². The molecule has 0 aliphatic heterocycles. The summed E-state index contributed by atoms with van der Waals surface area (Å²) in [5.41, 5.74) is 6.23. The standard InChI is InChI=1S/C11H14Cl2N2O.ClH/c1-7(6-14)15-11(16)5-8-2-3-9(12)10(13)4-8;/h2-4,7H,5-6,14H2,1H3,(H,15,16);1H/t7-;/m0./s1. The van der Waals surface area contributed by atoms with Crippen molar-refractivity contribution < 1.29 is 4.79 Å². The second-order valence-corrected chi connectivity index (χ2v) is 4.44. The van der Waals surface area contributed by atoms with Crippen LogP contribution in [-0.2, 0) is 11.2 Å². The first kappa shape index (κ1) is 16.5.